The summed E-state index contributed by atoms with van der Waals surface area (Å²) in [7, 11) is 0. The largest absolute Gasteiger partial charge is 0.396 e. The molecule has 0 fully saturated rings. The molecule has 0 bridgehead atoms. The minimum absolute atomic E-state index is 0. The minimum atomic E-state index is -0.579. The first kappa shape index (κ1) is 9.44. The maximum Gasteiger partial charge on any atom is 0.310 e. The van der Waals surface area contributed by atoms with Gasteiger partial charge in [-0.1, -0.05) is 0 Å². The number of carbonyl (C=O) groups excluding carboxylic acids is 2. The van der Waals surface area contributed by atoms with E-state index < -0.39 is 5.97 Å². The van der Waals surface area contributed by atoms with E-state index in [0.29, 0.717) is 0 Å². The van der Waals surface area contributed by atoms with Crippen LogP contribution < -0.4 is 6.15 Å². The third kappa shape index (κ3) is 11.1. The van der Waals surface area contributed by atoms with Crippen molar-refractivity contribution < 1.29 is 14.3 Å². The summed E-state index contributed by atoms with van der Waals surface area (Å²) in [6.45, 7) is 1.26. The van der Waals surface area contributed by atoms with Gasteiger partial charge in [-0.2, -0.15) is 0 Å². The highest BCUT2D eigenvalue weighted by atomic mass is 16.6. The summed E-state index contributed by atoms with van der Waals surface area (Å²) in [4.78, 5) is 18.8. The Bertz CT molecular complexity index is 70.6. The third-order valence-corrected chi connectivity index (χ3v) is 0.214. The first-order valence-electron chi connectivity index (χ1n) is 1.38. The second-order valence-electron chi connectivity index (χ2n) is 0.706. The van der Waals surface area contributed by atoms with Crippen molar-refractivity contribution in [1.29, 1.82) is 0 Å². The number of rotatable bonds is 1. The fourth-order valence-electron chi connectivity index (χ4n) is 0.0678. The molecule has 0 aromatic heterocycles. The van der Waals surface area contributed by atoms with E-state index in [1.165, 1.54) is 0 Å². The van der Waals surface area contributed by atoms with Crippen LogP contribution in [0.3, 0.4) is 0 Å². The lowest BCUT2D eigenvalue weighted by atomic mass is 10.8. The molecule has 0 aromatic carbocycles. The van der Waals surface area contributed by atoms with Crippen molar-refractivity contribution in [3.63, 3.8) is 0 Å². The molecule has 0 spiro atoms. The Hall–Kier alpha value is -0.900. The van der Waals surface area contributed by atoms with Gasteiger partial charge in [0.1, 0.15) is 0 Å². The van der Waals surface area contributed by atoms with Gasteiger partial charge in [-0.3, -0.25) is 9.59 Å². The van der Waals surface area contributed by atoms with Crippen LogP contribution in [-0.4, -0.2) is 12.4 Å². The van der Waals surface area contributed by atoms with E-state index in [1.807, 2.05) is 0 Å². The molecule has 0 unspecified atom stereocenters. The van der Waals surface area contributed by atoms with Gasteiger partial charge in [0.15, 0.2) is 0 Å². The molecule has 0 aliphatic heterocycles. The number of ether oxygens (including phenoxy) is 1. The molecule has 0 aromatic rings. The number of carbonyl (C=O) groups is 2. The summed E-state index contributed by atoms with van der Waals surface area (Å²) in [5.74, 6) is -0.579. The second-order valence-corrected chi connectivity index (χ2v) is 0.706. The maximum atomic E-state index is 9.59. The van der Waals surface area contributed by atoms with Crippen molar-refractivity contribution in [2.45, 2.75) is 6.92 Å². The fraction of sp³-hybridized carbons (Fsp3) is 0.333. The van der Waals surface area contributed by atoms with E-state index in [-0.39, 0.29) is 12.6 Å². The molecule has 0 aliphatic rings. The third-order valence-electron chi connectivity index (χ3n) is 0.214. The van der Waals surface area contributed by atoms with Gasteiger partial charge in [-0.25, -0.2) is 0 Å². The average Bonchev–Trinajstić information content (AvgIpc) is 1.35. The van der Waals surface area contributed by atoms with Crippen molar-refractivity contribution in [2.75, 3.05) is 0 Å². The smallest absolute Gasteiger partial charge is 0.310 e. The Morgan fingerprint density at radius 3 is 2.14 bits per heavy atom. The quantitative estimate of drug-likeness (QED) is 0.286. The van der Waals surface area contributed by atoms with Crippen LogP contribution in [0.4, 0.5) is 0 Å². The highest BCUT2D eigenvalue weighted by molar-refractivity contribution is 5.73. The Balaban J connectivity index is 0. The summed E-state index contributed by atoms with van der Waals surface area (Å²) in [5.41, 5.74) is 0. The molecule has 0 amide bonds. The molecular weight excluding hydrogens is 98.0 g/mol. The molecule has 42 valence electrons. The van der Waals surface area contributed by atoms with Gasteiger partial charge in [0.25, 0.3) is 0 Å². The highest BCUT2D eigenvalue weighted by Gasteiger charge is 1.82. The van der Waals surface area contributed by atoms with Crippen molar-refractivity contribution >= 4 is 12.4 Å². The van der Waals surface area contributed by atoms with Gasteiger partial charge in [0, 0.05) is 6.92 Å². The normalized spacial score (nSPS) is 5.86. The molecule has 4 nitrogen and oxygen atoms in total. The van der Waals surface area contributed by atoms with Crippen LogP contribution in [0.25, 0.3) is 0 Å². The SMILES string of the molecule is CC(=O)OC=O.N. The molecular formula is C3H7NO3. The molecule has 0 heterocycles. The van der Waals surface area contributed by atoms with E-state index in [4.69, 9.17) is 0 Å². The van der Waals surface area contributed by atoms with Crippen LogP contribution in [0.5, 0.6) is 0 Å². The van der Waals surface area contributed by atoms with Crippen LogP contribution in [0, 0.1) is 0 Å². The van der Waals surface area contributed by atoms with E-state index >= 15 is 0 Å². The van der Waals surface area contributed by atoms with Crippen LogP contribution in [0.2, 0.25) is 0 Å². The second kappa shape index (κ2) is 5.10. The van der Waals surface area contributed by atoms with Crippen LogP contribution in [0.15, 0.2) is 0 Å². The van der Waals surface area contributed by atoms with Crippen molar-refractivity contribution in [3.8, 4) is 0 Å². The predicted octanol–water partition coefficient (Wildman–Crippen LogP) is -0.132. The summed E-state index contributed by atoms with van der Waals surface area (Å²) in [5, 5.41) is 0. The Morgan fingerprint density at radius 1 is 1.71 bits per heavy atom. The minimum Gasteiger partial charge on any atom is -0.396 e. The van der Waals surface area contributed by atoms with Gasteiger partial charge in [0.2, 0.25) is 0 Å². The molecule has 0 rings (SSSR count). The number of hydrogen-bond donors (Lipinski definition) is 1. The predicted molar refractivity (Wildman–Crippen MR) is 22.9 cm³/mol. The molecule has 0 saturated carbocycles. The fourth-order valence-corrected chi connectivity index (χ4v) is 0.0678. The summed E-state index contributed by atoms with van der Waals surface area (Å²) in [6, 6.07) is 0. The molecule has 0 aliphatic carbocycles. The maximum absolute atomic E-state index is 9.59. The van der Waals surface area contributed by atoms with Gasteiger partial charge >= 0.3 is 12.4 Å². The molecule has 4 heteroatoms. The van der Waals surface area contributed by atoms with Gasteiger partial charge < -0.3 is 10.9 Å². The zero-order valence-corrected chi connectivity index (χ0v) is 4.01. The lowest BCUT2D eigenvalue weighted by Gasteiger charge is -1.78. The first-order chi connectivity index (χ1) is 2.77. The zero-order valence-electron chi connectivity index (χ0n) is 4.01. The lowest BCUT2D eigenvalue weighted by Crippen LogP contribution is -1.93. The lowest BCUT2D eigenvalue weighted by molar-refractivity contribution is -0.149. The Morgan fingerprint density at radius 2 is 2.14 bits per heavy atom. The number of hydrogen-bond acceptors (Lipinski definition) is 4. The zero-order chi connectivity index (χ0) is 4.99. The Kier molecular flexibility index (Phi) is 6.88. The van der Waals surface area contributed by atoms with E-state index in [1.54, 1.807) is 0 Å². The monoisotopic (exact) mass is 105 g/mol. The van der Waals surface area contributed by atoms with E-state index in [2.05, 4.69) is 4.74 Å². The summed E-state index contributed by atoms with van der Waals surface area (Å²) in [6.07, 6.45) is 0. The standard InChI is InChI=1S/C3H4O3.H3N/c1-3(5)6-2-4;/h2H,1H3;1H3. The van der Waals surface area contributed by atoms with E-state index in [9.17, 15) is 9.59 Å². The molecule has 0 saturated heterocycles. The molecule has 7 heavy (non-hydrogen) atoms. The van der Waals surface area contributed by atoms with Crippen molar-refractivity contribution in [2.24, 2.45) is 0 Å². The van der Waals surface area contributed by atoms with Crippen LogP contribution in [-0.2, 0) is 14.3 Å². The highest BCUT2D eigenvalue weighted by Crippen LogP contribution is 1.62. The van der Waals surface area contributed by atoms with Crippen molar-refractivity contribution in [1.82, 2.24) is 6.15 Å². The van der Waals surface area contributed by atoms with Crippen molar-refractivity contribution in [3.05, 3.63) is 0 Å². The average molecular weight is 105 g/mol. The van der Waals surface area contributed by atoms with Gasteiger partial charge in [0.05, 0.1) is 0 Å². The molecule has 3 N–H and O–H groups in total. The summed E-state index contributed by atoms with van der Waals surface area (Å²) < 4.78 is 3.72. The Labute approximate surface area is 41.0 Å². The molecule has 0 radical (unpaired) electrons. The topological polar surface area (TPSA) is 78.4 Å². The van der Waals surface area contributed by atoms with Gasteiger partial charge in [-0.05, 0) is 0 Å². The number of esters is 1. The van der Waals surface area contributed by atoms with E-state index in [0.717, 1.165) is 6.92 Å². The van der Waals surface area contributed by atoms with Crippen LogP contribution >= 0.6 is 0 Å². The first-order valence-corrected chi connectivity index (χ1v) is 1.38. The summed E-state index contributed by atoms with van der Waals surface area (Å²) >= 11 is 0. The van der Waals surface area contributed by atoms with Crippen LogP contribution in [0.1, 0.15) is 6.92 Å². The van der Waals surface area contributed by atoms with Gasteiger partial charge in [-0.15, -0.1) is 0 Å². The molecule has 0 atom stereocenters.